The predicted molar refractivity (Wildman–Crippen MR) is 223 cm³/mol. The normalized spacial score (nSPS) is 19.8. The number of aromatic nitrogens is 2. The Morgan fingerprint density at radius 3 is 2.07 bits per heavy atom. The number of alkyl carbamates (subject to hydrolysis) is 2. The van der Waals surface area contributed by atoms with E-state index in [1.165, 1.54) is 28.4 Å². The Balaban J connectivity index is 1.09. The van der Waals surface area contributed by atoms with Gasteiger partial charge in [-0.3, -0.25) is 19.4 Å². The van der Waals surface area contributed by atoms with Gasteiger partial charge in [-0.15, -0.1) is 0 Å². The van der Waals surface area contributed by atoms with Gasteiger partial charge in [0.1, 0.15) is 29.1 Å². The maximum absolute atomic E-state index is 14.0. The monoisotopic (exact) mass is 845 g/mol. The first-order chi connectivity index (χ1) is 28.9. The zero-order chi connectivity index (χ0) is 42.8. The van der Waals surface area contributed by atoms with Crippen LogP contribution in [0, 0.1) is 0 Å². The standard InChI is InChI=1S/C42H48ClN7O10/c1-21(56-3)35(47-41(54)58-5)39(52)49-13-7-9-31(49)29-16-24(19-44-29)25-18-34-27(17-28(25)43)37(51)26-15-23(11-12-33(26)60-34)30-20-45-38(46-30)32-10-8-14-50(32)40(53)36(22(2)57-4)48-42(55)59-6/h11-12,15,17-22,31-32,35-36H,7-10,13-14,16H2,1-6H3,(H,45,46)(H,47,54)(H,48,55)/t21-,22-,31+,32+,35+,36+/m1/s1. The van der Waals surface area contributed by atoms with Crippen LogP contribution in [0.15, 0.2) is 56.9 Å². The number of nitrogens with one attached hydrogen (secondary N) is 3. The van der Waals surface area contributed by atoms with Crippen LogP contribution in [0.5, 0.6) is 0 Å². The number of aromatic amines is 1. The lowest BCUT2D eigenvalue weighted by atomic mass is 9.97. The van der Waals surface area contributed by atoms with Gasteiger partial charge in [-0.25, -0.2) is 14.6 Å². The number of likely N-dealkylation sites (tertiary alicyclic amines) is 2. The summed E-state index contributed by atoms with van der Waals surface area (Å²) in [6.45, 7) is 4.38. The first-order valence-electron chi connectivity index (χ1n) is 19.7. The molecule has 2 aromatic carbocycles. The van der Waals surface area contributed by atoms with Gasteiger partial charge in [0.25, 0.3) is 0 Å². The molecule has 2 saturated heterocycles. The average Bonchev–Trinajstić information content (AvgIpc) is 4.11. The van der Waals surface area contributed by atoms with Gasteiger partial charge in [0.2, 0.25) is 17.2 Å². The van der Waals surface area contributed by atoms with Gasteiger partial charge < -0.3 is 48.8 Å². The van der Waals surface area contributed by atoms with Gasteiger partial charge in [0.15, 0.2) is 0 Å². The van der Waals surface area contributed by atoms with E-state index in [0.29, 0.717) is 82.0 Å². The summed E-state index contributed by atoms with van der Waals surface area (Å²) >= 11 is 6.87. The Kier molecular flexibility index (Phi) is 12.6. The first-order valence-corrected chi connectivity index (χ1v) is 20.1. The number of carbonyl (C=O) groups excluding carboxylic acids is 4. The van der Waals surface area contributed by atoms with Crippen LogP contribution in [-0.4, -0.2) is 121 Å². The van der Waals surface area contributed by atoms with Crippen molar-refractivity contribution in [3.8, 4) is 11.3 Å². The predicted octanol–water partition coefficient (Wildman–Crippen LogP) is 5.35. The fourth-order valence-corrected chi connectivity index (χ4v) is 8.50. The summed E-state index contributed by atoms with van der Waals surface area (Å²) in [6.07, 6.45) is 4.02. The summed E-state index contributed by atoms with van der Waals surface area (Å²) in [6, 6.07) is 6.09. The van der Waals surface area contributed by atoms with Crippen LogP contribution in [0.1, 0.15) is 63.4 Å². The summed E-state index contributed by atoms with van der Waals surface area (Å²) < 4.78 is 26.6. The molecule has 318 valence electrons. The minimum Gasteiger partial charge on any atom is -0.456 e. The highest BCUT2D eigenvalue weighted by molar-refractivity contribution is 6.33. The van der Waals surface area contributed by atoms with E-state index in [2.05, 4.69) is 20.6 Å². The second-order valence-corrected chi connectivity index (χ2v) is 15.5. The molecule has 18 heteroatoms. The number of fused-ring (bicyclic) bond motifs is 2. The lowest BCUT2D eigenvalue weighted by Crippen LogP contribution is -2.56. The van der Waals surface area contributed by atoms with Crippen molar-refractivity contribution in [1.82, 2.24) is 30.4 Å². The topological polar surface area (TPSA) is 207 Å². The number of hydrogen-bond donors (Lipinski definition) is 3. The number of allylic oxidation sites excluding steroid dienone is 1. The van der Waals surface area contributed by atoms with Crippen molar-refractivity contribution in [2.75, 3.05) is 41.5 Å². The highest BCUT2D eigenvalue weighted by Gasteiger charge is 2.41. The zero-order valence-electron chi connectivity index (χ0n) is 34.2. The molecule has 0 bridgehead atoms. The summed E-state index contributed by atoms with van der Waals surface area (Å²) in [7, 11) is 5.41. The van der Waals surface area contributed by atoms with E-state index >= 15 is 0 Å². The quantitative estimate of drug-likeness (QED) is 0.155. The molecule has 60 heavy (non-hydrogen) atoms. The number of amides is 4. The number of ether oxygens (including phenoxy) is 4. The van der Waals surface area contributed by atoms with Gasteiger partial charge in [0, 0.05) is 61.8 Å². The van der Waals surface area contributed by atoms with Gasteiger partial charge in [0.05, 0.1) is 61.2 Å². The van der Waals surface area contributed by atoms with Crippen molar-refractivity contribution in [2.24, 2.45) is 4.99 Å². The smallest absolute Gasteiger partial charge is 0.407 e. The summed E-state index contributed by atoms with van der Waals surface area (Å²) in [4.78, 5) is 81.7. The van der Waals surface area contributed by atoms with Crippen LogP contribution in [0.25, 0.3) is 38.8 Å². The molecule has 0 unspecified atom stereocenters. The fraction of sp³-hybridized carbons (Fsp3) is 0.452. The third kappa shape index (κ3) is 8.20. The Labute approximate surface area is 350 Å². The molecular formula is C42H48ClN7O10. The van der Waals surface area contributed by atoms with E-state index < -0.39 is 36.5 Å². The van der Waals surface area contributed by atoms with Crippen LogP contribution < -0.4 is 16.1 Å². The number of halogens is 1. The third-order valence-electron chi connectivity index (χ3n) is 11.7. The average molecular weight is 846 g/mol. The minimum atomic E-state index is -0.958. The maximum atomic E-state index is 14.0. The Hall–Kier alpha value is -5.78. The third-order valence-corrected chi connectivity index (χ3v) is 12.0. The van der Waals surface area contributed by atoms with E-state index in [0.717, 1.165) is 24.1 Å². The molecule has 17 nitrogen and oxygen atoms in total. The molecule has 0 spiro atoms. The second kappa shape index (κ2) is 17.8. The minimum absolute atomic E-state index is 0.261. The van der Waals surface area contributed by atoms with Crippen molar-refractivity contribution in [3.63, 3.8) is 0 Å². The number of hydrogen-bond acceptors (Lipinski definition) is 12. The van der Waals surface area contributed by atoms with E-state index in [-0.39, 0.29) is 29.3 Å². The van der Waals surface area contributed by atoms with Crippen LogP contribution in [0.2, 0.25) is 5.02 Å². The van der Waals surface area contributed by atoms with Crippen molar-refractivity contribution in [3.05, 3.63) is 69.4 Å². The molecule has 4 aromatic rings. The molecule has 2 aromatic heterocycles. The van der Waals surface area contributed by atoms with Crippen LogP contribution in [-0.2, 0) is 28.5 Å². The number of nitrogens with zero attached hydrogens (tertiary/aromatic N) is 4. The Morgan fingerprint density at radius 2 is 1.45 bits per heavy atom. The molecule has 6 atom stereocenters. The van der Waals surface area contributed by atoms with Gasteiger partial charge in [-0.2, -0.15) is 0 Å². The molecule has 3 aliphatic heterocycles. The molecule has 0 saturated carbocycles. The number of benzene rings is 2. The summed E-state index contributed by atoms with van der Waals surface area (Å²) in [5.74, 6) is -0.0233. The Morgan fingerprint density at radius 1 is 0.850 bits per heavy atom. The second-order valence-electron chi connectivity index (χ2n) is 15.1. The van der Waals surface area contributed by atoms with E-state index in [4.69, 9.17) is 40.0 Å². The first kappa shape index (κ1) is 42.3. The Bertz CT molecular complexity index is 2450. The molecule has 3 aliphatic rings. The van der Waals surface area contributed by atoms with Crippen molar-refractivity contribution in [1.29, 1.82) is 0 Å². The zero-order valence-corrected chi connectivity index (χ0v) is 35.0. The molecule has 0 aliphatic carbocycles. The summed E-state index contributed by atoms with van der Waals surface area (Å²) in [5, 5.41) is 6.20. The van der Waals surface area contributed by atoms with Crippen LogP contribution >= 0.6 is 11.6 Å². The lowest BCUT2D eigenvalue weighted by molar-refractivity contribution is -0.138. The number of imidazole rings is 1. The van der Waals surface area contributed by atoms with Gasteiger partial charge in [-0.1, -0.05) is 11.6 Å². The molecular weight excluding hydrogens is 798 g/mol. The number of rotatable bonds is 12. The number of methoxy groups -OCH3 is 4. The van der Waals surface area contributed by atoms with E-state index in [1.807, 2.05) is 6.07 Å². The number of H-pyrrole nitrogens is 1. The molecule has 3 N–H and O–H groups in total. The van der Waals surface area contributed by atoms with Gasteiger partial charge >= 0.3 is 12.2 Å². The fourth-order valence-electron chi connectivity index (χ4n) is 8.21. The van der Waals surface area contributed by atoms with Crippen LogP contribution in [0.3, 0.4) is 0 Å². The van der Waals surface area contributed by atoms with Crippen molar-refractivity contribution >= 4 is 68.8 Å². The summed E-state index contributed by atoms with van der Waals surface area (Å²) in [5.41, 5.74) is 4.06. The number of carbonyl (C=O) groups is 4. The van der Waals surface area contributed by atoms with E-state index in [9.17, 15) is 24.0 Å². The van der Waals surface area contributed by atoms with Gasteiger partial charge in [-0.05, 0) is 75.4 Å². The molecule has 7 rings (SSSR count). The molecule has 4 amide bonds. The van der Waals surface area contributed by atoms with Crippen molar-refractivity contribution in [2.45, 2.75) is 82.3 Å². The largest absolute Gasteiger partial charge is 0.456 e. The lowest BCUT2D eigenvalue weighted by Gasteiger charge is -2.31. The van der Waals surface area contributed by atoms with Crippen LogP contribution in [0.4, 0.5) is 9.59 Å². The molecule has 0 radical (unpaired) electrons. The highest BCUT2D eigenvalue weighted by atomic mass is 35.5. The SMILES string of the molecule is COC(=O)N[C@H](C(=O)N1CCC[C@H]1C1=NC=C(c2cc3oc4ccc(-c5cnc([C@@H]6CCCN6C(=O)[C@@H](NC(=O)OC)[C@@H](C)OC)[nH]5)cc4c(=O)c3cc2Cl)C1)[C@@H](C)OC. The molecule has 2 fully saturated rings. The van der Waals surface area contributed by atoms with Crippen molar-refractivity contribution < 1.29 is 42.5 Å². The van der Waals surface area contributed by atoms with E-state index in [1.54, 1.807) is 60.3 Å². The number of aliphatic imine (C=N–C) groups is 1. The molecule has 5 heterocycles. The highest BCUT2D eigenvalue weighted by Crippen LogP contribution is 2.37. The maximum Gasteiger partial charge on any atom is 0.407 e.